The molecule has 0 aromatic heterocycles. The van der Waals surface area contributed by atoms with E-state index in [0.717, 1.165) is 45.1 Å². The highest BCUT2D eigenvalue weighted by Crippen LogP contribution is 2.31. The van der Waals surface area contributed by atoms with Gasteiger partial charge in [0, 0.05) is 38.8 Å². The van der Waals surface area contributed by atoms with Gasteiger partial charge < -0.3 is 20.5 Å². The third-order valence-electron chi connectivity index (χ3n) is 3.36. The number of hydrogen-bond donors (Lipinski definition) is 3. The Morgan fingerprint density at radius 2 is 2.16 bits per heavy atom. The molecule has 0 spiro atoms. The Bertz CT molecular complexity index is 267. The number of ether oxygens (including phenoxy) is 1. The van der Waals surface area contributed by atoms with E-state index in [0.29, 0.717) is 5.92 Å². The van der Waals surface area contributed by atoms with Crippen LogP contribution in [0.4, 0.5) is 0 Å². The smallest absolute Gasteiger partial charge is 0.191 e. The van der Waals surface area contributed by atoms with Crippen LogP contribution in [0.1, 0.15) is 26.7 Å². The molecule has 0 radical (unpaired) electrons. The normalized spacial score (nSPS) is 23.3. The van der Waals surface area contributed by atoms with Crippen LogP contribution < -0.4 is 10.6 Å². The molecular weight excluding hydrogens is 357 g/mol. The van der Waals surface area contributed by atoms with Gasteiger partial charge in [0.2, 0.25) is 0 Å². The predicted octanol–water partition coefficient (Wildman–Crippen LogP) is 1.21. The van der Waals surface area contributed by atoms with Crippen molar-refractivity contribution in [2.45, 2.75) is 26.7 Å². The molecule has 5 nitrogen and oxygen atoms in total. The molecule has 1 aliphatic heterocycles. The van der Waals surface area contributed by atoms with E-state index in [9.17, 15) is 0 Å². The third kappa shape index (κ3) is 6.76. The Labute approximate surface area is 133 Å². The first-order chi connectivity index (χ1) is 8.62. The fourth-order valence-corrected chi connectivity index (χ4v) is 2.10. The van der Waals surface area contributed by atoms with Crippen molar-refractivity contribution in [1.29, 1.82) is 0 Å². The summed E-state index contributed by atoms with van der Waals surface area (Å²) in [5.74, 6) is 1.41. The van der Waals surface area contributed by atoms with Gasteiger partial charge in [0.25, 0.3) is 0 Å². The number of hydrogen-bond acceptors (Lipinski definition) is 3. The molecule has 0 amide bonds. The lowest BCUT2D eigenvalue weighted by atomic mass is 9.84. The van der Waals surface area contributed by atoms with Gasteiger partial charge in [-0.05, 0) is 18.8 Å². The van der Waals surface area contributed by atoms with E-state index in [1.165, 1.54) is 0 Å². The van der Waals surface area contributed by atoms with E-state index in [1.807, 2.05) is 0 Å². The number of aliphatic hydroxyl groups is 1. The molecule has 0 saturated carbocycles. The molecule has 0 bridgehead atoms. The van der Waals surface area contributed by atoms with E-state index in [-0.39, 0.29) is 36.0 Å². The van der Waals surface area contributed by atoms with Gasteiger partial charge in [0.05, 0.1) is 6.61 Å². The Hall–Kier alpha value is -0.0800. The summed E-state index contributed by atoms with van der Waals surface area (Å²) in [6, 6.07) is 0. The van der Waals surface area contributed by atoms with Crippen LogP contribution in [0.15, 0.2) is 4.99 Å². The van der Waals surface area contributed by atoms with Crippen molar-refractivity contribution in [3.8, 4) is 0 Å². The summed E-state index contributed by atoms with van der Waals surface area (Å²) >= 11 is 0. The zero-order chi connectivity index (χ0) is 13.4. The first-order valence-electron chi connectivity index (χ1n) is 6.75. The maximum atomic E-state index is 9.16. The fraction of sp³-hybridized carbons (Fsp3) is 0.923. The molecule has 3 N–H and O–H groups in total. The minimum absolute atomic E-state index is 0. The van der Waals surface area contributed by atoms with E-state index >= 15 is 0 Å². The van der Waals surface area contributed by atoms with Gasteiger partial charge in [-0.15, -0.1) is 24.0 Å². The Balaban J connectivity index is 0.00000324. The molecule has 1 aliphatic rings. The van der Waals surface area contributed by atoms with Gasteiger partial charge in [-0.3, -0.25) is 4.99 Å². The van der Waals surface area contributed by atoms with Gasteiger partial charge in [-0.25, -0.2) is 0 Å². The number of halogens is 1. The standard InChI is InChI=1S/C13H27N3O2.HI/c1-11(2)8-15-12(14-3)16-9-13(4-6-17)5-7-18-10-13;/h11,17H,4-10H2,1-3H3,(H2,14,15,16);1H. The summed E-state index contributed by atoms with van der Waals surface area (Å²) in [6.45, 7) is 7.76. The lowest BCUT2D eigenvalue weighted by molar-refractivity contribution is 0.127. The summed E-state index contributed by atoms with van der Waals surface area (Å²) in [5.41, 5.74) is 0.0597. The van der Waals surface area contributed by atoms with Crippen LogP contribution in [-0.4, -0.2) is 51.0 Å². The maximum absolute atomic E-state index is 9.16. The molecule has 114 valence electrons. The van der Waals surface area contributed by atoms with Crippen molar-refractivity contribution in [3.63, 3.8) is 0 Å². The molecule has 0 aromatic carbocycles. The minimum Gasteiger partial charge on any atom is -0.396 e. The summed E-state index contributed by atoms with van der Waals surface area (Å²) in [5, 5.41) is 15.8. The van der Waals surface area contributed by atoms with Gasteiger partial charge in [0.15, 0.2) is 5.96 Å². The van der Waals surface area contributed by atoms with Gasteiger partial charge in [0.1, 0.15) is 0 Å². The predicted molar refractivity (Wildman–Crippen MR) is 89.2 cm³/mol. The molecule has 1 unspecified atom stereocenters. The molecule has 1 fully saturated rings. The molecule has 19 heavy (non-hydrogen) atoms. The van der Waals surface area contributed by atoms with Crippen molar-refractivity contribution in [2.75, 3.05) is 40.0 Å². The molecular formula is C13H28IN3O2. The number of aliphatic imine (C=N–C) groups is 1. The fourth-order valence-electron chi connectivity index (χ4n) is 2.10. The van der Waals surface area contributed by atoms with E-state index in [2.05, 4.69) is 29.5 Å². The van der Waals surface area contributed by atoms with Crippen molar-refractivity contribution in [3.05, 3.63) is 0 Å². The summed E-state index contributed by atoms with van der Waals surface area (Å²) in [4.78, 5) is 4.20. The van der Waals surface area contributed by atoms with Crippen LogP contribution in [0.25, 0.3) is 0 Å². The Morgan fingerprint density at radius 3 is 2.63 bits per heavy atom. The monoisotopic (exact) mass is 385 g/mol. The highest BCUT2D eigenvalue weighted by molar-refractivity contribution is 14.0. The molecule has 0 aliphatic carbocycles. The second-order valence-corrected chi connectivity index (χ2v) is 5.48. The number of aliphatic hydroxyl groups excluding tert-OH is 1. The Morgan fingerprint density at radius 1 is 1.42 bits per heavy atom. The van der Waals surface area contributed by atoms with E-state index in [1.54, 1.807) is 7.05 Å². The largest absolute Gasteiger partial charge is 0.396 e. The summed E-state index contributed by atoms with van der Waals surface area (Å²) in [6.07, 6.45) is 1.78. The third-order valence-corrected chi connectivity index (χ3v) is 3.36. The van der Waals surface area contributed by atoms with Crippen LogP contribution in [-0.2, 0) is 4.74 Å². The maximum Gasteiger partial charge on any atom is 0.191 e. The molecule has 1 heterocycles. The first-order valence-corrected chi connectivity index (χ1v) is 6.75. The number of guanidine groups is 1. The Kier molecular flexibility index (Phi) is 9.72. The minimum atomic E-state index is 0. The molecule has 6 heteroatoms. The molecule has 1 rings (SSSR count). The van der Waals surface area contributed by atoms with Gasteiger partial charge >= 0.3 is 0 Å². The zero-order valence-electron chi connectivity index (χ0n) is 12.2. The van der Waals surface area contributed by atoms with E-state index < -0.39 is 0 Å². The molecule has 1 atom stereocenters. The number of rotatable bonds is 6. The summed E-state index contributed by atoms with van der Waals surface area (Å²) < 4.78 is 5.47. The molecule has 1 saturated heterocycles. The van der Waals surface area contributed by atoms with Crippen molar-refractivity contribution >= 4 is 29.9 Å². The van der Waals surface area contributed by atoms with Crippen LogP contribution >= 0.6 is 24.0 Å². The number of nitrogens with one attached hydrogen (secondary N) is 2. The van der Waals surface area contributed by atoms with Gasteiger partial charge in [-0.2, -0.15) is 0 Å². The second kappa shape index (κ2) is 9.77. The lowest BCUT2D eigenvalue weighted by Crippen LogP contribution is -2.45. The highest BCUT2D eigenvalue weighted by Gasteiger charge is 2.34. The quantitative estimate of drug-likeness (QED) is 0.366. The summed E-state index contributed by atoms with van der Waals surface area (Å²) in [7, 11) is 1.78. The highest BCUT2D eigenvalue weighted by atomic mass is 127. The number of nitrogens with zero attached hydrogens (tertiary/aromatic N) is 1. The van der Waals surface area contributed by atoms with Crippen LogP contribution in [0.3, 0.4) is 0 Å². The van der Waals surface area contributed by atoms with Crippen LogP contribution in [0.2, 0.25) is 0 Å². The van der Waals surface area contributed by atoms with Crippen LogP contribution in [0, 0.1) is 11.3 Å². The zero-order valence-corrected chi connectivity index (χ0v) is 14.6. The van der Waals surface area contributed by atoms with Crippen molar-refractivity contribution in [1.82, 2.24) is 10.6 Å². The SMILES string of the molecule is CN=C(NCC(C)C)NCC1(CCO)CCOC1.I. The molecule has 0 aromatic rings. The van der Waals surface area contributed by atoms with Crippen LogP contribution in [0.5, 0.6) is 0 Å². The average Bonchev–Trinajstić information content (AvgIpc) is 2.78. The topological polar surface area (TPSA) is 65.9 Å². The average molecular weight is 385 g/mol. The second-order valence-electron chi connectivity index (χ2n) is 5.48. The first kappa shape index (κ1) is 18.9. The van der Waals surface area contributed by atoms with Crippen molar-refractivity contribution < 1.29 is 9.84 Å². The van der Waals surface area contributed by atoms with Crippen molar-refractivity contribution in [2.24, 2.45) is 16.3 Å². The van der Waals surface area contributed by atoms with E-state index in [4.69, 9.17) is 9.84 Å². The lowest BCUT2D eigenvalue weighted by Gasteiger charge is -2.27. The van der Waals surface area contributed by atoms with Gasteiger partial charge in [-0.1, -0.05) is 13.8 Å².